The molecule has 0 aromatic carbocycles. The van der Waals surface area contributed by atoms with Crippen LogP contribution in [0.15, 0.2) is 23.2 Å². The molecular formula is C11H16ClN3O3S. The molecule has 1 aromatic heterocycles. The predicted molar refractivity (Wildman–Crippen MR) is 72.0 cm³/mol. The summed E-state index contributed by atoms with van der Waals surface area (Å²) in [5.41, 5.74) is 5.22. The Kier molecular flexibility index (Phi) is 5.28. The Morgan fingerprint density at radius 2 is 2.16 bits per heavy atom. The van der Waals surface area contributed by atoms with Crippen molar-refractivity contribution in [2.75, 3.05) is 0 Å². The van der Waals surface area contributed by atoms with Gasteiger partial charge >= 0.3 is 0 Å². The monoisotopic (exact) mass is 305 g/mol. The Morgan fingerprint density at radius 1 is 1.53 bits per heavy atom. The molecule has 0 radical (unpaired) electrons. The van der Waals surface area contributed by atoms with Crippen molar-refractivity contribution in [3.8, 4) is 0 Å². The number of aromatic nitrogens is 1. The summed E-state index contributed by atoms with van der Waals surface area (Å²) in [7, 11) is -3.85. The summed E-state index contributed by atoms with van der Waals surface area (Å²) in [4.78, 5) is 15.0. The first-order valence-corrected chi connectivity index (χ1v) is 7.57. The van der Waals surface area contributed by atoms with Gasteiger partial charge < -0.3 is 5.73 Å². The van der Waals surface area contributed by atoms with Crippen LogP contribution in [0.25, 0.3) is 0 Å². The van der Waals surface area contributed by atoms with Gasteiger partial charge in [0.1, 0.15) is 16.1 Å². The molecule has 1 aromatic rings. The molecule has 106 valence electrons. The molecule has 0 fully saturated rings. The number of sulfonamides is 1. The van der Waals surface area contributed by atoms with Gasteiger partial charge in [-0.3, -0.25) is 4.79 Å². The third kappa shape index (κ3) is 4.15. The van der Waals surface area contributed by atoms with E-state index in [0.29, 0.717) is 6.42 Å². The highest BCUT2D eigenvalue weighted by Gasteiger charge is 2.28. The van der Waals surface area contributed by atoms with Gasteiger partial charge in [-0.05, 0) is 18.1 Å². The second-order valence-electron chi connectivity index (χ2n) is 4.20. The number of hydrogen-bond donors (Lipinski definition) is 2. The molecule has 3 N–H and O–H groups in total. The maximum atomic E-state index is 12.1. The van der Waals surface area contributed by atoms with E-state index in [1.54, 1.807) is 6.92 Å². The highest BCUT2D eigenvalue weighted by Crippen LogP contribution is 2.14. The molecule has 0 saturated carbocycles. The lowest BCUT2D eigenvalue weighted by atomic mass is 10.00. The molecule has 1 heterocycles. The normalized spacial score (nSPS) is 14.9. The van der Waals surface area contributed by atoms with E-state index in [4.69, 9.17) is 17.3 Å². The maximum Gasteiger partial charge on any atom is 0.242 e. The summed E-state index contributed by atoms with van der Waals surface area (Å²) >= 11 is 5.59. The zero-order valence-electron chi connectivity index (χ0n) is 10.6. The van der Waals surface area contributed by atoms with Crippen LogP contribution in [0.1, 0.15) is 20.3 Å². The third-order valence-corrected chi connectivity index (χ3v) is 4.46. The molecule has 6 nitrogen and oxygen atoms in total. The summed E-state index contributed by atoms with van der Waals surface area (Å²) in [5, 5.41) is 0.187. The predicted octanol–water partition coefficient (Wildman–Crippen LogP) is 0.913. The summed E-state index contributed by atoms with van der Waals surface area (Å²) < 4.78 is 26.4. The van der Waals surface area contributed by atoms with Gasteiger partial charge in [-0.2, -0.15) is 4.72 Å². The fourth-order valence-corrected chi connectivity index (χ4v) is 2.82. The first kappa shape index (κ1) is 15.9. The summed E-state index contributed by atoms with van der Waals surface area (Å²) in [6.07, 6.45) is 1.74. The Balaban J connectivity index is 3.00. The van der Waals surface area contributed by atoms with Crippen LogP contribution >= 0.6 is 11.6 Å². The van der Waals surface area contributed by atoms with Gasteiger partial charge in [0.25, 0.3) is 0 Å². The van der Waals surface area contributed by atoms with Gasteiger partial charge in [-0.25, -0.2) is 13.4 Å². The Bertz CT molecular complexity index is 545. The fourth-order valence-electron chi connectivity index (χ4n) is 1.45. The minimum Gasteiger partial charge on any atom is -0.368 e. The molecule has 0 aliphatic rings. The van der Waals surface area contributed by atoms with Crippen molar-refractivity contribution in [3.05, 3.63) is 23.5 Å². The molecule has 0 spiro atoms. The number of rotatable bonds is 6. The number of nitrogens with two attached hydrogens (primary N) is 1. The maximum absolute atomic E-state index is 12.1. The van der Waals surface area contributed by atoms with E-state index in [9.17, 15) is 13.2 Å². The van der Waals surface area contributed by atoms with Crippen LogP contribution in [0.2, 0.25) is 5.15 Å². The van der Waals surface area contributed by atoms with Crippen molar-refractivity contribution < 1.29 is 13.2 Å². The first-order chi connectivity index (χ1) is 8.77. The average molecular weight is 306 g/mol. The van der Waals surface area contributed by atoms with Crippen LogP contribution < -0.4 is 10.5 Å². The molecule has 0 aliphatic carbocycles. The van der Waals surface area contributed by atoms with Crippen LogP contribution in [0.4, 0.5) is 0 Å². The molecule has 2 unspecified atom stereocenters. The summed E-state index contributed by atoms with van der Waals surface area (Å²) in [6.45, 7) is 3.59. The second-order valence-corrected chi connectivity index (χ2v) is 6.30. The Morgan fingerprint density at radius 3 is 2.58 bits per heavy atom. The van der Waals surface area contributed by atoms with Gasteiger partial charge in [0.15, 0.2) is 0 Å². The Hall–Kier alpha value is -1.18. The van der Waals surface area contributed by atoms with Crippen molar-refractivity contribution in [1.29, 1.82) is 0 Å². The van der Waals surface area contributed by atoms with Gasteiger partial charge in [-0.1, -0.05) is 31.9 Å². The van der Waals surface area contributed by atoms with Gasteiger partial charge in [0.2, 0.25) is 15.9 Å². The largest absolute Gasteiger partial charge is 0.368 e. The number of carbonyl (C=O) groups is 1. The molecule has 0 bridgehead atoms. The standard InChI is InChI=1S/C11H16ClN3O3S/c1-3-7(2)10(11(13)16)15-19(17,18)8-4-5-9(12)14-6-8/h4-7,10,15H,3H2,1-2H3,(H2,13,16). The lowest BCUT2D eigenvalue weighted by Crippen LogP contribution is -2.48. The molecule has 0 saturated heterocycles. The van der Waals surface area contributed by atoms with E-state index >= 15 is 0 Å². The van der Waals surface area contributed by atoms with Crippen molar-refractivity contribution >= 4 is 27.5 Å². The van der Waals surface area contributed by atoms with E-state index in [1.165, 1.54) is 12.1 Å². The summed E-state index contributed by atoms with van der Waals surface area (Å²) in [5.74, 6) is -0.910. The topological polar surface area (TPSA) is 102 Å². The molecule has 1 amide bonds. The number of halogens is 1. The quantitative estimate of drug-likeness (QED) is 0.763. The zero-order chi connectivity index (χ0) is 14.6. The first-order valence-electron chi connectivity index (χ1n) is 5.71. The van der Waals surface area contributed by atoms with Crippen molar-refractivity contribution in [2.45, 2.75) is 31.2 Å². The number of nitrogens with zero attached hydrogens (tertiary/aromatic N) is 1. The van der Waals surface area contributed by atoms with Gasteiger partial charge in [0.05, 0.1) is 0 Å². The second kappa shape index (κ2) is 6.31. The van der Waals surface area contributed by atoms with Crippen molar-refractivity contribution in [2.24, 2.45) is 11.7 Å². The number of hydrogen-bond acceptors (Lipinski definition) is 4. The van der Waals surface area contributed by atoms with E-state index in [2.05, 4.69) is 9.71 Å². The zero-order valence-corrected chi connectivity index (χ0v) is 12.2. The molecule has 0 aliphatic heterocycles. The van der Waals surface area contributed by atoms with E-state index in [-0.39, 0.29) is 16.0 Å². The lowest BCUT2D eigenvalue weighted by molar-refractivity contribution is -0.120. The van der Waals surface area contributed by atoms with E-state index in [1.807, 2.05) is 6.92 Å². The molecule has 8 heteroatoms. The van der Waals surface area contributed by atoms with Gasteiger partial charge in [0, 0.05) is 6.20 Å². The molecular weight excluding hydrogens is 290 g/mol. The van der Waals surface area contributed by atoms with Crippen LogP contribution in [0.3, 0.4) is 0 Å². The van der Waals surface area contributed by atoms with Crippen molar-refractivity contribution in [1.82, 2.24) is 9.71 Å². The van der Waals surface area contributed by atoms with Crippen LogP contribution in [-0.2, 0) is 14.8 Å². The van der Waals surface area contributed by atoms with Crippen LogP contribution in [0, 0.1) is 5.92 Å². The van der Waals surface area contributed by atoms with E-state index < -0.39 is 22.0 Å². The lowest BCUT2D eigenvalue weighted by Gasteiger charge is -2.20. The summed E-state index contributed by atoms with van der Waals surface area (Å²) in [6, 6.07) is 1.72. The van der Waals surface area contributed by atoms with Crippen LogP contribution in [-0.4, -0.2) is 25.4 Å². The molecule has 1 rings (SSSR count). The Labute approximate surface area is 117 Å². The van der Waals surface area contributed by atoms with E-state index in [0.717, 1.165) is 6.20 Å². The number of pyridine rings is 1. The van der Waals surface area contributed by atoms with Crippen molar-refractivity contribution in [3.63, 3.8) is 0 Å². The number of amides is 1. The highest BCUT2D eigenvalue weighted by molar-refractivity contribution is 7.89. The minimum atomic E-state index is -3.85. The third-order valence-electron chi connectivity index (χ3n) is 2.81. The minimum absolute atomic E-state index is 0.0635. The SMILES string of the molecule is CCC(C)C(NS(=O)(=O)c1ccc(Cl)nc1)C(N)=O. The number of nitrogens with one attached hydrogen (secondary N) is 1. The number of primary amides is 1. The average Bonchev–Trinajstić information content (AvgIpc) is 2.35. The highest BCUT2D eigenvalue weighted by atomic mass is 35.5. The molecule has 19 heavy (non-hydrogen) atoms. The van der Waals surface area contributed by atoms with Gasteiger partial charge in [-0.15, -0.1) is 0 Å². The molecule has 2 atom stereocenters. The number of carbonyl (C=O) groups excluding carboxylic acids is 1. The van der Waals surface area contributed by atoms with Crippen LogP contribution in [0.5, 0.6) is 0 Å². The fraction of sp³-hybridized carbons (Fsp3) is 0.455. The smallest absolute Gasteiger partial charge is 0.242 e.